The fourth-order valence-corrected chi connectivity index (χ4v) is 3.44. The number of aliphatic carboxylic acids is 1. The van der Waals surface area contributed by atoms with E-state index in [1.807, 2.05) is 36.4 Å². The third-order valence-corrected chi connectivity index (χ3v) is 4.54. The SMILES string of the molecule is CC(C)(C)NC(CCC([C]=O)C(=O)O)C(c1ccccc1)c1ccccc1. The third-order valence-electron chi connectivity index (χ3n) is 4.54. The lowest BCUT2D eigenvalue weighted by molar-refractivity contribution is -0.139. The number of carboxylic acids is 1. The Labute approximate surface area is 161 Å². The second-order valence-corrected chi connectivity index (χ2v) is 7.89. The van der Waals surface area contributed by atoms with Gasteiger partial charge in [0.2, 0.25) is 6.29 Å². The molecule has 2 atom stereocenters. The molecule has 0 spiro atoms. The Morgan fingerprint density at radius 2 is 1.44 bits per heavy atom. The highest BCUT2D eigenvalue weighted by Crippen LogP contribution is 2.32. The summed E-state index contributed by atoms with van der Waals surface area (Å²) in [5.74, 6) is -2.16. The van der Waals surface area contributed by atoms with Crippen LogP contribution >= 0.6 is 0 Å². The van der Waals surface area contributed by atoms with Crippen LogP contribution in [0.5, 0.6) is 0 Å². The molecule has 2 aromatic carbocycles. The van der Waals surface area contributed by atoms with Gasteiger partial charge in [0.25, 0.3) is 0 Å². The number of hydrogen-bond donors (Lipinski definition) is 2. The van der Waals surface area contributed by atoms with E-state index in [1.165, 1.54) is 0 Å². The van der Waals surface area contributed by atoms with Crippen molar-refractivity contribution in [2.75, 3.05) is 0 Å². The van der Waals surface area contributed by atoms with E-state index in [-0.39, 0.29) is 23.9 Å². The summed E-state index contributed by atoms with van der Waals surface area (Å²) in [5.41, 5.74) is 2.16. The molecule has 27 heavy (non-hydrogen) atoms. The summed E-state index contributed by atoms with van der Waals surface area (Å²) in [7, 11) is 0. The van der Waals surface area contributed by atoms with Crippen molar-refractivity contribution in [3.05, 3.63) is 71.8 Å². The molecular weight excluding hydrogens is 338 g/mol. The molecule has 2 N–H and O–H groups in total. The molecule has 1 radical (unpaired) electrons. The molecule has 0 saturated carbocycles. The number of hydrogen-bond acceptors (Lipinski definition) is 3. The van der Waals surface area contributed by atoms with Crippen LogP contribution in [0.2, 0.25) is 0 Å². The molecule has 0 aliphatic carbocycles. The molecule has 0 saturated heterocycles. The molecule has 4 heteroatoms. The molecule has 0 heterocycles. The van der Waals surface area contributed by atoms with Crippen LogP contribution in [0.1, 0.15) is 50.7 Å². The summed E-state index contributed by atoms with van der Waals surface area (Å²) in [5, 5.41) is 12.9. The third kappa shape index (κ3) is 6.33. The molecule has 2 rings (SSSR count). The summed E-state index contributed by atoms with van der Waals surface area (Å²) in [6.07, 6.45) is 2.47. The fraction of sp³-hybridized carbons (Fsp3) is 0.391. The number of carbonyl (C=O) groups excluding carboxylic acids is 1. The van der Waals surface area contributed by atoms with Crippen LogP contribution in [-0.4, -0.2) is 28.9 Å². The maximum Gasteiger partial charge on any atom is 0.314 e. The maximum absolute atomic E-state index is 11.3. The molecule has 4 nitrogen and oxygen atoms in total. The zero-order chi connectivity index (χ0) is 19.9. The van der Waals surface area contributed by atoms with Gasteiger partial charge in [-0.15, -0.1) is 0 Å². The van der Waals surface area contributed by atoms with Gasteiger partial charge in [-0.2, -0.15) is 0 Å². The van der Waals surface area contributed by atoms with Crippen molar-refractivity contribution in [1.29, 1.82) is 0 Å². The van der Waals surface area contributed by atoms with E-state index in [0.29, 0.717) is 6.42 Å². The summed E-state index contributed by atoms with van der Waals surface area (Å²) in [4.78, 5) is 22.3. The minimum Gasteiger partial charge on any atom is -0.481 e. The summed E-state index contributed by atoms with van der Waals surface area (Å²) in [6.45, 7) is 6.27. The number of carboxylic acid groups (broad SMARTS) is 1. The average Bonchev–Trinajstić information content (AvgIpc) is 2.62. The number of carbonyl (C=O) groups is 1. The number of benzene rings is 2. The van der Waals surface area contributed by atoms with Crippen LogP contribution in [0.25, 0.3) is 0 Å². The van der Waals surface area contributed by atoms with E-state index in [9.17, 15) is 14.7 Å². The van der Waals surface area contributed by atoms with Gasteiger partial charge in [-0.3, -0.25) is 9.59 Å². The molecule has 0 amide bonds. The molecule has 0 aliphatic heterocycles. The highest BCUT2D eigenvalue weighted by molar-refractivity contribution is 5.86. The van der Waals surface area contributed by atoms with Crippen molar-refractivity contribution in [1.82, 2.24) is 5.32 Å². The van der Waals surface area contributed by atoms with Gasteiger partial charge < -0.3 is 10.4 Å². The van der Waals surface area contributed by atoms with Gasteiger partial charge in [-0.1, -0.05) is 60.7 Å². The van der Waals surface area contributed by atoms with Gasteiger partial charge in [0.1, 0.15) is 5.92 Å². The van der Waals surface area contributed by atoms with Crippen LogP contribution in [0, 0.1) is 5.92 Å². The molecule has 143 valence electrons. The number of nitrogens with one attached hydrogen (secondary N) is 1. The van der Waals surface area contributed by atoms with E-state index in [1.54, 1.807) is 6.29 Å². The van der Waals surface area contributed by atoms with Gasteiger partial charge in [-0.05, 0) is 44.7 Å². The highest BCUT2D eigenvalue weighted by atomic mass is 16.4. The summed E-state index contributed by atoms with van der Waals surface area (Å²) < 4.78 is 0. The minimum absolute atomic E-state index is 0.0231. The Balaban J connectivity index is 2.40. The molecule has 0 aliphatic rings. The van der Waals surface area contributed by atoms with Crippen molar-refractivity contribution < 1.29 is 14.7 Å². The minimum atomic E-state index is -1.12. The smallest absolute Gasteiger partial charge is 0.314 e. The normalized spacial score (nSPS) is 13.9. The Morgan fingerprint density at radius 1 is 0.963 bits per heavy atom. The predicted molar refractivity (Wildman–Crippen MR) is 107 cm³/mol. The Hall–Kier alpha value is -2.46. The van der Waals surface area contributed by atoms with Gasteiger partial charge in [-0.25, -0.2) is 0 Å². The van der Waals surface area contributed by atoms with Gasteiger partial charge in [0, 0.05) is 17.5 Å². The molecule has 2 aromatic rings. The first-order chi connectivity index (χ1) is 12.8. The monoisotopic (exact) mass is 366 g/mol. The molecular formula is C23H28NO3. The molecule has 0 fully saturated rings. The van der Waals surface area contributed by atoms with Gasteiger partial charge >= 0.3 is 5.97 Å². The first-order valence-electron chi connectivity index (χ1n) is 9.30. The average molecular weight is 366 g/mol. The second kappa shape index (κ2) is 9.47. The van der Waals surface area contributed by atoms with E-state index in [4.69, 9.17) is 0 Å². The van der Waals surface area contributed by atoms with Crippen LogP contribution in [0.3, 0.4) is 0 Å². The van der Waals surface area contributed by atoms with E-state index in [2.05, 4.69) is 50.4 Å². The van der Waals surface area contributed by atoms with Crippen LogP contribution in [0.15, 0.2) is 60.7 Å². The van der Waals surface area contributed by atoms with E-state index >= 15 is 0 Å². The molecule has 0 bridgehead atoms. The van der Waals surface area contributed by atoms with Gasteiger partial charge in [0.05, 0.1) is 0 Å². The first kappa shape index (κ1) is 20.8. The van der Waals surface area contributed by atoms with Crippen molar-refractivity contribution in [3.8, 4) is 0 Å². The van der Waals surface area contributed by atoms with Crippen LogP contribution < -0.4 is 5.32 Å². The topological polar surface area (TPSA) is 66.4 Å². The lowest BCUT2D eigenvalue weighted by Gasteiger charge is -2.35. The molecule has 0 aromatic heterocycles. The highest BCUT2D eigenvalue weighted by Gasteiger charge is 2.30. The maximum atomic E-state index is 11.3. The van der Waals surface area contributed by atoms with E-state index in [0.717, 1.165) is 11.1 Å². The van der Waals surface area contributed by atoms with E-state index < -0.39 is 11.9 Å². The number of rotatable bonds is 9. The van der Waals surface area contributed by atoms with Crippen molar-refractivity contribution in [2.45, 2.75) is 51.1 Å². The lowest BCUT2D eigenvalue weighted by atomic mass is 9.81. The van der Waals surface area contributed by atoms with Crippen molar-refractivity contribution in [2.24, 2.45) is 5.92 Å². The molecule has 2 unspecified atom stereocenters. The fourth-order valence-electron chi connectivity index (χ4n) is 3.44. The van der Waals surface area contributed by atoms with Crippen molar-refractivity contribution >= 4 is 12.3 Å². The Morgan fingerprint density at radius 3 is 1.81 bits per heavy atom. The summed E-state index contributed by atoms with van der Waals surface area (Å²) in [6, 6.07) is 20.4. The largest absolute Gasteiger partial charge is 0.481 e. The summed E-state index contributed by atoms with van der Waals surface area (Å²) >= 11 is 0. The first-order valence-corrected chi connectivity index (χ1v) is 9.30. The predicted octanol–water partition coefficient (Wildman–Crippen LogP) is 4.17. The zero-order valence-corrected chi connectivity index (χ0v) is 16.2. The quantitative estimate of drug-likeness (QED) is 0.654. The second-order valence-electron chi connectivity index (χ2n) is 7.89. The van der Waals surface area contributed by atoms with Gasteiger partial charge in [0.15, 0.2) is 0 Å². The Kier molecular flexibility index (Phi) is 7.31. The standard InChI is InChI=1S/C23H28NO3/c1-23(2,3)24-20(15-14-19(16-25)22(26)27)21(17-10-6-4-7-11-17)18-12-8-5-9-13-18/h4-13,19-21,24H,14-15H2,1-3H3,(H,26,27). The van der Waals surface area contributed by atoms with Crippen LogP contribution in [-0.2, 0) is 9.59 Å². The van der Waals surface area contributed by atoms with Crippen LogP contribution in [0.4, 0.5) is 0 Å². The Bertz CT molecular complexity index is 683. The van der Waals surface area contributed by atoms with Crippen molar-refractivity contribution in [3.63, 3.8) is 0 Å². The zero-order valence-electron chi connectivity index (χ0n) is 16.2. The lowest BCUT2D eigenvalue weighted by Crippen LogP contribution is -2.47.